The van der Waals surface area contributed by atoms with Crippen molar-refractivity contribution in [3.63, 3.8) is 0 Å². The number of fused-ring (bicyclic) bond motifs is 1. The van der Waals surface area contributed by atoms with Gasteiger partial charge in [-0.2, -0.15) is 0 Å². The van der Waals surface area contributed by atoms with Crippen molar-refractivity contribution in [2.45, 2.75) is 6.92 Å². The van der Waals surface area contributed by atoms with Gasteiger partial charge in [0.15, 0.2) is 6.29 Å². The van der Waals surface area contributed by atoms with Gasteiger partial charge in [-0.3, -0.25) is 9.36 Å². The Bertz CT molecular complexity index is 834. The van der Waals surface area contributed by atoms with E-state index in [1.165, 1.54) is 4.57 Å². The summed E-state index contributed by atoms with van der Waals surface area (Å²) in [5, 5.41) is 3.62. The van der Waals surface area contributed by atoms with Gasteiger partial charge in [0.25, 0.3) is 0 Å². The monoisotopic (exact) mass is 278 g/mol. The Morgan fingerprint density at radius 1 is 1.14 bits per heavy atom. The fourth-order valence-electron chi connectivity index (χ4n) is 2.38. The van der Waals surface area contributed by atoms with Gasteiger partial charge < -0.3 is 5.32 Å². The maximum atomic E-state index is 12.4. The molecule has 4 nitrogen and oxygen atoms in total. The van der Waals surface area contributed by atoms with E-state index in [0.717, 1.165) is 22.9 Å². The van der Waals surface area contributed by atoms with Crippen molar-refractivity contribution < 1.29 is 9.59 Å². The minimum Gasteiger partial charge on any atom is -0.307 e. The van der Waals surface area contributed by atoms with Crippen LogP contribution in [0, 0.1) is 6.92 Å². The average Bonchev–Trinajstić information content (AvgIpc) is 2.91. The normalized spacial score (nSPS) is 10.5. The Balaban J connectivity index is 1.97. The van der Waals surface area contributed by atoms with Crippen molar-refractivity contribution in [3.8, 4) is 0 Å². The summed E-state index contributed by atoms with van der Waals surface area (Å²) < 4.78 is 1.50. The SMILES string of the molecule is Cc1cccc(NC(=O)n2ccc3c(C=O)cccc32)c1. The molecule has 0 bridgehead atoms. The van der Waals surface area contributed by atoms with Crippen LogP contribution in [0.4, 0.5) is 10.5 Å². The third kappa shape index (κ3) is 2.43. The lowest BCUT2D eigenvalue weighted by Gasteiger charge is -2.08. The number of benzene rings is 2. The summed E-state index contributed by atoms with van der Waals surface area (Å²) in [7, 11) is 0. The molecule has 1 heterocycles. The van der Waals surface area contributed by atoms with Crippen LogP contribution in [0.25, 0.3) is 10.9 Å². The van der Waals surface area contributed by atoms with E-state index in [1.54, 1.807) is 24.4 Å². The molecule has 3 rings (SSSR count). The summed E-state index contributed by atoms with van der Waals surface area (Å²) in [6.45, 7) is 1.97. The minimum absolute atomic E-state index is 0.251. The van der Waals surface area contributed by atoms with Crippen LogP contribution in [-0.4, -0.2) is 16.9 Å². The van der Waals surface area contributed by atoms with Crippen LogP contribution in [0.5, 0.6) is 0 Å². The average molecular weight is 278 g/mol. The van der Waals surface area contributed by atoms with Gasteiger partial charge in [-0.1, -0.05) is 24.3 Å². The molecule has 3 aromatic rings. The summed E-state index contributed by atoms with van der Waals surface area (Å²) in [6, 6.07) is 14.4. The molecule has 0 radical (unpaired) electrons. The second-order valence-corrected chi connectivity index (χ2v) is 4.88. The number of amides is 1. The van der Waals surface area contributed by atoms with Crippen LogP contribution >= 0.6 is 0 Å². The topological polar surface area (TPSA) is 51.1 Å². The summed E-state index contributed by atoms with van der Waals surface area (Å²) in [5.74, 6) is 0. The van der Waals surface area contributed by atoms with Crippen LogP contribution in [-0.2, 0) is 0 Å². The second kappa shape index (κ2) is 5.25. The first-order valence-corrected chi connectivity index (χ1v) is 6.62. The van der Waals surface area contributed by atoms with Gasteiger partial charge >= 0.3 is 6.03 Å². The molecule has 0 fully saturated rings. The highest BCUT2D eigenvalue weighted by atomic mass is 16.2. The fraction of sp³-hybridized carbons (Fsp3) is 0.0588. The lowest BCUT2D eigenvalue weighted by molar-refractivity contribution is 0.112. The first-order chi connectivity index (χ1) is 10.2. The molecule has 0 saturated carbocycles. The molecule has 1 aromatic heterocycles. The molecule has 0 atom stereocenters. The largest absolute Gasteiger partial charge is 0.330 e. The van der Waals surface area contributed by atoms with Crippen LogP contribution in [0.1, 0.15) is 15.9 Å². The maximum absolute atomic E-state index is 12.4. The van der Waals surface area contributed by atoms with E-state index in [4.69, 9.17) is 0 Å². The lowest BCUT2D eigenvalue weighted by Crippen LogP contribution is -2.18. The molecular weight excluding hydrogens is 264 g/mol. The highest BCUT2D eigenvalue weighted by Gasteiger charge is 2.11. The van der Waals surface area contributed by atoms with Gasteiger partial charge in [0.2, 0.25) is 0 Å². The molecule has 0 unspecified atom stereocenters. The van der Waals surface area contributed by atoms with E-state index in [0.29, 0.717) is 11.1 Å². The van der Waals surface area contributed by atoms with E-state index >= 15 is 0 Å². The molecule has 1 amide bonds. The zero-order chi connectivity index (χ0) is 14.8. The van der Waals surface area contributed by atoms with Crippen molar-refractivity contribution in [2.75, 3.05) is 5.32 Å². The highest BCUT2D eigenvalue weighted by Crippen LogP contribution is 2.20. The molecule has 0 aliphatic heterocycles. The summed E-state index contributed by atoms with van der Waals surface area (Å²) in [6.07, 6.45) is 2.47. The van der Waals surface area contributed by atoms with Gasteiger partial charge in [0.1, 0.15) is 0 Å². The number of hydrogen-bond acceptors (Lipinski definition) is 2. The molecular formula is C17H14N2O2. The van der Waals surface area contributed by atoms with Crippen LogP contribution < -0.4 is 5.32 Å². The fourth-order valence-corrected chi connectivity index (χ4v) is 2.38. The number of aromatic nitrogens is 1. The zero-order valence-electron chi connectivity index (χ0n) is 11.5. The number of aldehydes is 1. The molecule has 2 aromatic carbocycles. The van der Waals surface area contributed by atoms with Crippen molar-refractivity contribution in [1.82, 2.24) is 4.57 Å². The summed E-state index contributed by atoms with van der Waals surface area (Å²) in [5.41, 5.74) is 3.11. The number of aryl methyl sites for hydroxylation is 1. The van der Waals surface area contributed by atoms with E-state index < -0.39 is 0 Å². The predicted molar refractivity (Wildman–Crippen MR) is 82.9 cm³/mol. The Hall–Kier alpha value is -2.88. The third-order valence-electron chi connectivity index (χ3n) is 3.38. The maximum Gasteiger partial charge on any atom is 0.330 e. The standard InChI is InChI=1S/C17H14N2O2/c1-12-4-2-6-14(10-12)18-17(21)19-9-8-15-13(11-20)5-3-7-16(15)19/h2-11H,1H3,(H,18,21). The zero-order valence-corrected chi connectivity index (χ0v) is 11.5. The molecule has 0 saturated heterocycles. The molecule has 21 heavy (non-hydrogen) atoms. The number of anilines is 1. The lowest BCUT2D eigenvalue weighted by atomic mass is 10.1. The van der Waals surface area contributed by atoms with Gasteiger partial charge in [-0.05, 0) is 36.8 Å². The Morgan fingerprint density at radius 2 is 1.95 bits per heavy atom. The highest BCUT2D eigenvalue weighted by molar-refractivity contribution is 6.03. The molecule has 0 aliphatic rings. The van der Waals surface area contributed by atoms with E-state index in [9.17, 15) is 9.59 Å². The predicted octanol–water partition coefficient (Wildman–Crippen LogP) is 3.84. The van der Waals surface area contributed by atoms with E-state index in [-0.39, 0.29) is 6.03 Å². The van der Waals surface area contributed by atoms with Crippen LogP contribution in [0.15, 0.2) is 54.7 Å². The van der Waals surface area contributed by atoms with Crippen molar-refractivity contribution in [1.29, 1.82) is 0 Å². The first kappa shape index (κ1) is 13.1. The van der Waals surface area contributed by atoms with Gasteiger partial charge in [-0.15, -0.1) is 0 Å². The Labute approximate surface area is 122 Å². The molecule has 1 N–H and O–H groups in total. The summed E-state index contributed by atoms with van der Waals surface area (Å²) in [4.78, 5) is 23.4. The third-order valence-corrected chi connectivity index (χ3v) is 3.38. The van der Waals surface area contributed by atoms with Crippen LogP contribution in [0.3, 0.4) is 0 Å². The van der Waals surface area contributed by atoms with Gasteiger partial charge in [0.05, 0.1) is 5.52 Å². The number of nitrogens with zero attached hydrogens (tertiary/aromatic N) is 1. The quantitative estimate of drug-likeness (QED) is 0.724. The molecule has 0 spiro atoms. The van der Waals surface area contributed by atoms with E-state index in [1.807, 2.05) is 37.3 Å². The van der Waals surface area contributed by atoms with Gasteiger partial charge in [-0.25, -0.2) is 4.79 Å². The van der Waals surface area contributed by atoms with E-state index in [2.05, 4.69) is 5.32 Å². The number of nitrogens with one attached hydrogen (secondary N) is 1. The number of carbonyl (C=O) groups excluding carboxylic acids is 2. The van der Waals surface area contributed by atoms with Crippen LogP contribution in [0.2, 0.25) is 0 Å². The minimum atomic E-state index is -0.251. The number of carbonyl (C=O) groups is 2. The molecule has 104 valence electrons. The van der Waals surface area contributed by atoms with Gasteiger partial charge in [0, 0.05) is 22.8 Å². The number of hydrogen-bond donors (Lipinski definition) is 1. The number of rotatable bonds is 2. The first-order valence-electron chi connectivity index (χ1n) is 6.62. The van der Waals surface area contributed by atoms with Crippen molar-refractivity contribution >= 4 is 28.9 Å². The smallest absolute Gasteiger partial charge is 0.307 e. The van der Waals surface area contributed by atoms with Crippen molar-refractivity contribution in [2.24, 2.45) is 0 Å². The molecule has 4 heteroatoms. The molecule has 0 aliphatic carbocycles. The van der Waals surface area contributed by atoms with Crippen molar-refractivity contribution in [3.05, 3.63) is 65.9 Å². The Kier molecular flexibility index (Phi) is 3.28. The second-order valence-electron chi connectivity index (χ2n) is 4.88. The summed E-state index contributed by atoms with van der Waals surface area (Å²) >= 11 is 0. The Morgan fingerprint density at radius 3 is 2.71 bits per heavy atom.